The first-order chi connectivity index (χ1) is 9.78. The van der Waals surface area contributed by atoms with Gasteiger partial charge < -0.3 is 14.6 Å². The Bertz CT molecular complexity index is 714. The Morgan fingerprint density at radius 3 is 2.90 bits per heavy atom. The van der Waals surface area contributed by atoms with E-state index in [1.165, 1.54) is 21.5 Å². The first-order valence-corrected chi connectivity index (χ1v) is 7.51. The highest BCUT2D eigenvalue weighted by molar-refractivity contribution is 7.17. The molecule has 1 aromatic carbocycles. The zero-order valence-corrected chi connectivity index (χ0v) is 12.5. The predicted octanol–water partition coefficient (Wildman–Crippen LogP) is 3.54. The molecule has 0 amide bonds. The summed E-state index contributed by atoms with van der Waals surface area (Å²) < 4.78 is 8.84. The number of aromatic nitrogens is 1. The summed E-state index contributed by atoms with van der Waals surface area (Å²) in [5.74, 6) is 0.906. The number of aryl methyl sites for hydroxylation is 1. The molecule has 2 heterocycles. The molecule has 104 valence electrons. The molecular formula is C16H18N2OS. The Balaban J connectivity index is 1.64. The molecule has 2 aromatic heterocycles. The zero-order chi connectivity index (χ0) is 13.9. The van der Waals surface area contributed by atoms with Crippen LogP contribution in [0.3, 0.4) is 0 Å². The maximum Gasteiger partial charge on any atom is 0.119 e. The molecule has 3 rings (SSSR count). The van der Waals surface area contributed by atoms with Crippen molar-refractivity contribution in [3.63, 3.8) is 0 Å². The number of nitrogens with zero attached hydrogens (tertiary/aromatic N) is 1. The fourth-order valence-electron chi connectivity index (χ4n) is 2.39. The van der Waals surface area contributed by atoms with Crippen LogP contribution in [0.15, 0.2) is 41.8 Å². The quantitative estimate of drug-likeness (QED) is 0.776. The number of hydrogen-bond donors (Lipinski definition) is 1. The minimum Gasteiger partial charge on any atom is -0.497 e. The Morgan fingerprint density at radius 2 is 2.10 bits per heavy atom. The lowest BCUT2D eigenvalue weighted by Crippen LogP contribution is -2.14. The van der Waals surface area contributed by atoms with Crippen molar-refractivity contribution in [3.05, 3.63) is 53.0 Å². The van der Waals surface area contributed by atoms with Gasteiger partial charge in [-0.05, 0) is 35.2 Å². The Labute approximate surface area is 122 Å². The molecule has 0 atom stereocenters. The van der Waals surface area contributed by atoms with Crippen LogP contribution in [-0.2, 0) is 20.1 Å². The summed E-state index contributed by atoms with van der Waals surface area (Å²) in [7, 11) is 3.82. The van der Waals surface area contributed by atoms with E-state index >= 15 is 0 Å². The molecule has 0 spiro atoms. The molecule has 3 aromatic rings. The molecule has 0 saturated heterocycles. The van der Waals surface area contributed by atoms with Gasteiger partial charge in [0.1, 0.15) is 5.75 Å². The summed E-state index contributed by atoms with van der Waals surface area (Å²) in [4.78, 5) is 0. The van der Waals surface area contributed by atoms with Crippen LogP contribution in [0.1, 0.15) is 11.3 Å². The normalized spacial score (nSPS) is 11.1. The van der Waals surface area contributed by atoms with E-state index < -0.39 is 0 Å². The highest BCUT2D eigenvalue weighted by Crippen LogP contribution is 2.24. The van der Waals surface area contributed by atoms with E-state index in [1.54, 1.807) is 18.4 Å². The SMILES string of the molecule is COc1cccc(CNCc2cc3sccc3n2C)c1. The zero-order valence-electron chi connectivity index (χ0n) is 11.7. The third-order valence-corrected chi connectivity index (χ3v) is 4.39. The van der Waals surface area contributed by atoms with Gasteiger partial charge in [-0.15, -0.1) is 11.3 Å². The first-order valence-electron chi connectivity index (χ1n) is 6.63. The number of hydrogen-bond acceptors (Lipinski definition) is 3. The standard InChI is InChI=1S/C16H18N2OS/c1-18-13(9-16-15(18)6-7-20-16)11-17-10-12-4-3-5-14(8-12)19-2/h3-9,17H,10-11H2,1-2H3. The fraction of sp³-hybridized carbons (Fsp3) is 0.250. The molecule has 4 heteroatoms. The van der Waals surface area contributed by atoms with E-state index in [2.05, 4.69) is 46.6 Å². The third kappa shape index (κ3) is 2.57. The molecule has 0 aliphatic carbocycles. The number of thiophene rings is 1. The van der Waals surface area contributed by atoms with Crippen molar-refractivity contribution >= 4 is 21.6 Å². The van der Waals surface area contributed by atoms with Crippen molar-refractivity contribution in [3.8, 4) is 5.75 Å². The lowest BCUT2D eigenvalue weighted by atomic mass is 10.2. The average molecular weight is 286 g/mol. The topological polar surface area (TPSA) is 26.2 Å². The molecule has 20 heavy (non-hydrogen) atoms. The maximum atomic E-state index is 5.24. The Kier molecular flexibility index (Phi) is 3.76. The van der Waals surface area contributed by atoms with Crippen LogP contribution in [0.2, 0.25) is 0 Å². The third-order valence-electron chi connectivity index (χ3n) is 3.53. The van der Waals surface area contributed by atoms with Crippen LogP contribution in [0.25, 0.3) is 10.2 Å². The van der Waals surface area contributed by atoms with Gasteiger partial charge in [-0.3, -0.25) is 0 Å². The Hall–Kier alpha value is -1.78. The number of nitrogens with one attached hydrogen (secondary N) is 1. The first kappa shape index (κ1) is 13.2. The number of benzene rings is 1. The van der Waals surface area contributed by atoms with Gasteiger partial charge in [0, 0.05) is 25.8 Å². The van der Waals surface area contributed by atoms with Gasteiger partial charge in [0.05, 0.1) is 17.3 Å². The van der Waals surface area contributed by atoms with Gasteiger partial charge in [-0.25, -0.2) is 0 Å². The molecule has 0 bridgehead atoms. The van der Waals surface area contributed by atoms with Crippen molar-refractivity contribution in [1.29, 1.82) is 0 Å². The van der Waals surface area contributed by atoms with Gasteiger partial charge in [-0.1, -0.05) is 12.1 Å². The lowest BCUT2D eigenvalue weighted by Gasteiger charge is -2.08. The Morgan fingerprint density at radius 1 is 1.20 bits per heavy atom. The second-order valence-electron chi connectivity index (χ2n) is 4.82. The van der Waals surface area contributed by atoms with Gasteiger partial charge in [0.2, 0.25) is 0 Å². The monoisotopic (exact) mass is 286 g/mol. The second-order valence-corrected chi connectivity index (χ2v) is 5.77. The summed E-state index contributed by atoms with van der Waals surface area (Å²) in [6.45, 7) is 1.71. The fourth-order valence-corrected chi connectivity index (χ4v) is 3.26. The van der Waals surface area contributed by atoms with Gasteiger partial charge in [0.15, 0.2) is 0 Å². The van der Waals surface area contributed by atoms with Crippen molar-refractivity contribution in [2.45, 2.75) is 13.1 Å². The largest absolute Gasteiger partial charge is 0.497 e. The van der Waals surface area contributed by atoms with Gasteiger partial charge in [0.25, 0.3) is 0 Å². The molecule has 0 aliphatic heterocycles. The number of ether oxygens (including phenoxy) is 1. The number of fused-ring (bicyclic) bond motifs is 1. The predicted molar refractivity (Wildman–Crippen MR) is 84.3 cm³/mol. The highest BCUT2D eigenvalue weighted by atomic mass is 32.1. The molecule has 0 unspecified atom stereocenters. The molecule has 3 nitrogen and oxygen atoms in total. The smallest absolute Gasteiger partial charge is 0.119 e. The molecule has 0 fully saturated rings. The summed E-state index contributed by atoms with van der Waals surface area (Å²) in [5.41, 5.74) is 3.86. The van der Waals surface area contributed by atoms with E-state index in [0.29, 0.717) is 0 Å². The summed E-state index contributed by atoms with van der Waals surface area (Å²) >= 11 is 1.79. The molecular weight excluding hydrogens is 268 g/mol. The molecule has 0 radical (unpaired) electrons. The highest BCUT2D eigenvalue weighted by Gasteiger charge is 2.06. The lowest BCUT2D eigenvalue weighted by molar-refractivity contribution is 0.414. The molecule has 0 aliphatic rings. The molecule has 0 saturated carbocycles. The van der Waals surface area contributed by atoms with Crippen LogP contribution in [-0.4, -0.2) is 11.7 Å². The summed E-state index contributed by atoms with van der Waals surface area (Å²) in [5, 5.41) is 5.63. The van der Waals surface area contributed by atoms with E-state index in [4.69, 9.17) is 4.74 Å². The molecule has 1 N–H and O–H groups in total. The van der Waals surface area contributed by atoms with Crippen molar-refractivity contribution < 1.29 is 4.74 Å². The van der Waals surface area contributed by atoms with Gasteiger partial charge in [-0.2, -0.15) is 0 Å². The van der Waals surface area contributed by atoms with Crippen LogP contribution >= 0.6 is 11.3 Å². The van der Waals surface area contributed by atoms with Crippen molar-refractivity contribution in [2.24, 2.45) is 7.05 Å². The van der Waals surface area contributed by atoms with E-state index in [1.807, 2.05) is 12.1 Å². The van der Waals surface area contributed by atoms with Crippen molar-refractivity contribution in [1.82, 2.24) is 9.88 Å². The van der Waals surface area contributed by atoms with Crippen LogP contribution in [0.4, 0.5) is 0 Å². The van der Waals surface area contributed by atoms with E-state index in [9.17, 15) is 0 Å². The average Bonchev–Trinajstić information content (AvgIpc) is 3.03. The number of methoxy groups -OCH3 is 1. The maximum absolute atomic E-state index is 5.24. The second kappa shape index (κ2) is 5.69. The minimum absolute atomic E-state index is 0.843. The minimum atomic E-state index is 0.843. The van der Waals surface area contributed by atoms with Crippen LogP contribution in [0, 0.1) is 0 Å². The van der Waals surface area contributed by atoms with Crippen LogP contribution in [0.5, 0.6) is 5.75 Å². The summed E-state index contributed by atoms with van der Waals surface area (Å²) in [6, 6.07) is 12.6. The van der Waals surface area contributed by atoms with Gasteiger partial charge >= 0.3 is 0 Å². The van der Waals surface area contributed by atoms with E-state index in [0.717, 1.165) is 18.8 Å². The summed E-state index contributed by atoms with van der Waals surface area (Å²) in [6.07, 6.45) is 0. The number of rotatable bonds is 5. The van der Waals surface area contributed by atoms with Crippen LogP contribution < -0.4 is 10.1 Å². The van der Waals surface area contributed by atoms with E-state index in [-0.39, 0.29) is 0 Å². The van der Waals surface area contributed by atoms with Crippen molar-refractivity contribution in [2.75, 3.05) is 7.11 Å².